The van der Waals surface area contributed by atoms with Gasteiger partial charge in [-0.15, -0.1) is 0 Å². The molecule has 0 aromatic rings. The van der Waals surface area contributed by atoms with E-state index in [1.807, 2.05) is 6.92 Å². The van der Waals surface area contributed by atoms with Crippen molar-refractivity contribution < 1.29 is 9.53 Å². The Morgan fingerprint density at radius 1 is 1.35 bits per heavy atom. The molecule has 1 saturated heterocycles. The molecule has 3 rings (SSSR count). The summed E-state index contributed by atoms with van der Waals surface area (Å²) in [5.41, 5.74) is 1.67. The van der Waals surface area contributed by atoms with Crippen molar-refractivity contribution in [3.63, 3.8) is 0 Å². The largest absolute Gasteiger partial charge is 0.461 e. The Morgan fingerprint density at radius 2 is 2.12 bits per heavy atom. The van der Waals surface area contributed by atoms with E-state index in [1.165, 1.54) is 19.3 Å². The average molecular weight is 234 g/mol. The highest BCUT2D eigenvalue weighted by Gasteiger charge is 2.57. The normalized spacial score (nSPS) is 49.1. The van der Waals surface area contributed by atoms with Gasteiger partial charge in [0.1, 0.15) is 6.10 Å². The summed E-state index contributed by atoms with van der Waals surface area (Å²) in [6.07, 6.45) is 7.28. The summed E-state index contributed by atoms with van der Waals surface area (Å²) >= 11 is 0. The number of rotatable bonds is 0. The summed E-state index contributed by atoms with van der Waals surface area (Å²) in [5.74, 6) is 1.21. The van der Waals surface area contributed by atoms with Gasteiger partial charge in [-0.2, -0.15) is 0 Å². The lowest BCUT2D eigenvalue weighted by Gasteiger charge is -2.49. The minimum atomic E-state index is 0.0280. The maximum Gasteiger partial charge on any atom is 0.309 e. The molecule has 5 atom stereocenters. The zero-order valence-electron chi connectivity index (χ0n) is 11.0. The lowest BCUT2D eigenvalue weighted by atomic mass is 9.56. The molecule has 94 valence electrons. The van der Waals surface area contributed by atoms with Crippen LogP contribution in [0.2, 0.25) is 0 Å². The number of carbonyl (C=O) groups is 1. The first-order chi connectivity index (χ1) is 8.05. The molecule has 1 saturated carbocycles. The molecule has 0 N–H and O–H groups in total. The molecule has 2 nitrogen and oxygen atoms in total. The zero-order valence-corrected chi connectivity index (χ0v) is 11.0. The van der Waals surface area contributed by atoms with Crippen LogP contribution >= 0.6 is 0 Å². The topological polar surface area (TPSA) is 26.3 Å². The Labute approximate surface area is 103 Å². The molecule has 2 fully saturated rings. The van der Waals surface area contributed by atoms with Crippen LogP contribution in [0.4, 0.5) is 0 Å². The van der Waals surface area contributed by atoms with Crippen LogP contribution in [0.3, 0.4) is 0 Å². The van der Waals surface area contributed by atoms with Crippen molar-refractivity contribution in [1.82, 2.24) is 0 Å². The van der Waals surface area contributed by atoms with Crippen LogP contribution in [-0.4, -0.2) is 12.1 Å². The molecule has 0 aromatic heterocycles. The summed E-state index contributed by atoms with van der Waals surface area (Å²) in [6, 6.07) is 0. The lowest BCUT2D eigenvalue weighted by molar-refractivity contribution is -0.149. The molecule has 2 heteroatoms. The highest BCUT2D eigenvalue weighted by Crippen LogP contribution is 2.56. The molecule has 0 spiro atoms. The van der Waals surface area contributed by atoms with Gasteiger partial charge in [-0.05, 0) is 31.6 Å². The molecule has 0 unspecified atom stereocenters. The van der Waals surface area contributed by atoms with Gasteiger partial charge in [0.25, 0.3) is 0 Å². The van der Waals surface area contributed by atoms with Crippen LogP contribution in [-0.2, 0) is 9.53 Å². The quantitative estimate of drug-likeness (QED) is 0.475. The van der Waals surface area contributed by atoms with Gasteiger partial charge < -0.3 is 4.74 Å². The Balaban J connectivity index is 2.02. The number of ether oxygens (including phenoxy) is 1. The van der Waals surface area contributed by atoms with E-state index in [4.69, 9.17) is 4.74 Å². The van der Waals surface area contributed by atoms with Gasteiger partial charge in [0.2, 0.25) is 0 Å². The Hall–Kier alpha value is -0.790. The number of fused-ring (bicyclic) bond motifs is 3. The van der Waals surface area contributed by atoms with Gasteiger partial charge in [0.05, 0.1) is 5.92 Å². The highest BCUT2D eigenvalue weighted by atomic mass is 16.6. The van der Waals surface area contributed by atoms with E-state index in [9.17, 15) is 4.79 Å². The van der Waals surface area contributed by atoms with Crippen LogP contribution < -0.4 is 0 Å². The first-order valence-corrected chi connectivity index (χ1v) is 6.95. The third-order valence-corrected chi connectivity index (χ3v) is 5.69. The van der Waals surface area contributed by atoms with E-state index in [0.29, 0.717) is 11.8 Å². The minimum absolute atomic E-state index is 0.0280. The minimum Gasteiger partial charge on any atom is -0.461 e. The molecule has 0 amide bonds. The second-order valence-electron chi connectivity index (χ2n) is 6.34. The maximum atomic E-state index is 11.8. The first-order valence-electron chi connectivity index (χ1n) is 6.95. The smallest absolute Gasteiger partial charge is 0.309 e. The average Bonchev–Trinajstić information content (AvgIpc) is 2.59. The fourth-order valence-corrected chi connectivity index (χ4v) is 4.23. The third kappa shape index (κ3) is 1.36. The standard InChI is InChI=1S/C15H22O2/c1-9-5-4-6-11-7-8-12-10(2)14(16)17-13(12)15(9,11)3/h6,9-10,12-13H,4-5,7-8H2,1-3H3/t9-,10+,12+,13-,15+/m0/s1. The first kappa shape index (κ1) is 11.3. The molecule has 1 aliphatic heterocycles. The second-order valence-corrected chi connectivity index (χ2v) is 6.34. The molecular weight excluding hydrogens is 212 g/mol. The monoisotopic (exact) mass is 234 g/mol. The predicted molar refractivity (Wildman–Crippen MR) is 66.4 cm³/mol. The van der Waals surface area contributed by atoms with Crippen molar-refractivity contribution in [2.75, 3.05) is 0 Å². The molecular formula is C15H22O2. The van der Waals surface area contributed by atoms with Crippen molar-refractivity contribution in [3.05, 3.63) is 11.6 Å². The van der Waals surface area contributed by atoms with Gasteiger partial charge in [-0.25, -0.2) is 0 Å². The molecule has 0 bridgehead atoms. The lowest BCUT2D eigenvalue weighted by Crippen LogP contribution is -2.48. The Morgan fingerprint density at radius 3 is 2.88 bits per heavy atom. The van der Waals surface area contributed by atoms with Crippen LogP contribution in [0.15, 0.2) is 11.6 Å². The number of esters is 1. The van der Waals surface area contributed by atoms with E-state index in [1.54, 1.807) is 5.57 Å². The van der Waals surface area contributed by atoms with E-state index >= 15 is 0 Å². The molecule has 1 heterocycles. The van der Waals surface area contributed by atoms with Crippen molar-refractivity contribution in [2.24, 2.45) is 23.2 Å². The summed E-state index contributed by atoms with van der Waals surface area (Å²) in [6.45, 7) is 6.69. The highest BCUT2D eigenvalue weighted by molar-refractivity contribution is 5.75. The Bertz CT molecular complexity index is 384. The number of hydrogen-bond acceptors (Lipinski definition) is 2. The van der Waals surface area contributed by atoms with E-state index < -0.39 is 0 Å². The number of hydrogen-bond donors (Lipinski definition) is 0. The van der Waals surface area contributed by atoms with Gasteiger partial charge >= 0.3 is 5.97 Å². The number of carbonyl (C=O) groups excluding carboxylic acids is 1. The fraction of sp³-hybridized carbons (Fsp3) is 0.800. The van der Waals surface area contributed by atoms with Gasteiger partial charge in [-0.1, -0.05) is 32.4 Å². The van der Waals surface area contributed by atoms with E-state index in [0.717, 1.165) is 6.42 Å². The summed E-state index contributed by atoms with van der Waals surface area (Å²) < 4.78 is 5.74. The number of allylic oxidation sites excluding steroid dienone is 1. The molecule has 0 aromatic carbocycles. The molecule has 3 aliphatic rings. The van der Waals surface area contributed by atoms with E-state index in [2.05, 4.69) is 19.9 Å². The van der Waals surface area contributed by atoms with Crippen LogP contribution in [0, 0.1) is 23.2 Å². The molecule has 0 radical (unpaired) electrons. The molecule has 2 aliphatic carbocycles. The second kappa shape index (κ2) is 3.60. The summed E-state index contributed by atoms with van der Waals surface area (Å²) in [5, 5.41) is 0. The van der Waals surface area contributed by atoms with Gasteiger partial charge in [0, 0.05) is 11.3 Å². The SMILES string of the molecule is C[C@H]1C(=O)O[C@H]2[C@@H]1CCC1=CCC[C@H](C)[C@]12C. The van der Waals surface area contributed by atoms with Gasteiger partial charge in [0.15, 0.2) is 0 Å². The van der Waals surface area contributed by atoms with Crippen LogP contribution in [0.25, 0.3) is 0 Å². The third-order valence-electron chi connectivity index (χ3n) is 5.69. The summed E-state index contributed by atoms with van der Waals surface area (Å²) in [7, 11) is 0. The summed E-state index contributed by atoms with van der Waals surface area (Å²) in [4.78, 5) is 11.8. The Kier molecular flexibility index (Phi) is 2.39. The van der Waals surface area contributed by atoms with Crippen molar-refractivity contribution in [2.45, 2.75) is 52.6 Å². The van der Waals surface area contributed by atoms with Crippen molar-refractivity contribution >= 4 is 5.97 Å². The van der Waals surface area contributed by atoms with Gasteiger partial charge in [-0.3, -0.25) is 4.79 Å². The predicted octanol–water partition coefficient (Wildman–Crippen LogP) is 3.32. The maximum absolute atomic E-state index is 11.8. The van der Waals surface area contributed by atoms with Crippen molar-refractivity contribution in [3.8, 4) is 0 Å². The van der Waals surface area contributed by atoms with Crippen LogP contribution in [0.5, 0.6) is 0 Å². The van der Waals surface area contributed by atoms with Crippen molar-refractivity contribution in [1.29, 1.82) is 0 Å². The van der Waals surface area contributed by atoms with E-state index in [-0.39, 0.29) is 23.4 Å². The van der Waals surface area contributed by atoms with Crippen LogP contribution in [0.1, 0.15) is 46.5 Å². The molecule has 17 heavy (non-hydrogen) atoms. The fourth-order valence-electron chi connectivity index (χ4n) is 4.23. The zero-order chi connectivity index (χ0) is 12.2.